The van der Waals surface area contributed by atoms with Crippen LogP contribution in [-0.4, -0.2) is 100 Å². The largest absolute Gasteiger partial charge is 0.477 e. The molecule has 0 radical (unpaired) electrons. The molecule has 3 unspecified atom stereocenters. The lowest BCUT2D eigenvalue weighted by Crippen LogP contribution is -2.71. The van der Waals surface area contributed by atoms with Gasteiger partial charge >= 0.3 is 17.9 Å². The molecule has 0 saturated carbocycles. The Morgan fingerprint density at radius 3 is 2.30 bits per heavy atom. The van der Waals surface area contributed by atoms with Gasteiger partial charge in [0.15, 0.2) is 22.5 Å². The van der Waals surface area contributed by atoms with Crippen LogP contribution in [0.5, 0.6) is 0 Å². The number of amides is 2. The standard InChI is InChI=1S/C34H28F2N6O10S5/c35-19(36)14-54-32(31(50)51-24(15-7-3-1-4-8-15)16-9-5-2-6-10-16)52-40-21(18-13-56-34(37)38-18)26(44)39-22-27(45)42-23(30(48)49)17(11-53-28(22)42)12-55-33-20(29(46)47)25(43)41-57-33/h1-10,13,19,22,24,28,32H,11-12,14H2,(H2,37,38)(H,39,44)(H,41,43)(H,46,47)(H,48,49)/b40-21-. The quantitative estimate of drug-likeness (QED) is 0.0251. The number of nitrogens with zero attached hydrogens (tertiary/aromatic N) is 3. The first-order valence-electron chi connectivity index (χ1n) is 16.3. The number of thiazole rings is 1. The Morgan fingerprint density at radius 1 is 1.05 bits per heavy atom. The number of H-pyrrole nitrogens is 1. The Morgan fingerprint density at radius 2 is 1.72 bits per heavy atom. The van der Waals surface area contributed by atoms with Gasteiger partial charge in [0.1, 0.15) is 22.8 Å². The van der Waals surface area contributed by atoms with Gasteiger partial charge in [-0.1, -0.05) is 89.1 Å². The minimum Gasteiger partial charge on any atom is -0.477 e. The van der Waals surface area contributed by atoms with Crippen LogP contribution in [0.2, 0.25) is 0 Å². The number of esters is 1. The molecular weight excluding hydrogens is 851 g/mol. The maximum atomic E-state index is 13.8. The second-order valence-corrected chi connectivity index (χ2v) is 16.9. The van der Waals surface area contributed by atoms with Crippen LogP contribution in [0.15, 0.2) is 91.5 Å². The molecule has 6 rings (SSSR count). The summed E-state index contributed by atoms with van der Waals surface area (Å²) in [4.78, 5) is 87.1. The van der Waals surface area contributed by atoms with Crippen molar-refractivity contribution in [2.75, 3.05) is 23.0 Å². The van der Waals surface area contributed by atoms with E-state index in [9.17, 15) is 47.8 Å². The number of nitrogen functional groups attached to an aromatic ring is 1. The third-order valence-corrected chi connectivity index (χ3v) is 13.3. The zero-order valence-corrected chi connectivity index (χ0v) is 32.8. The molecule has 2 aromatic carbocycles. The van der Waals surface area contributed by atoms with Gasteiger partial charge in [0.2, 0.25) is 6.43 Å². The van der Waals surface area contributed by atoms with Crippen LogP contribution in [0, 0.1) is 0 Å². The number of nitrogens with two attached hydrogens (primary N) is 1. The zero-order valence-electron chi connectivity index (χ0n) is 28.7. The fraction of sp³-hybridized carbons (Fsp3) is 0.235. The first-order chi connectivity index (χ1) is 27.3. The monoisotopic (exact) mass is 878 g/mol. The summed E-state index contributed by atoms with van der Waals surface area (Å²) in [7, 11) is 0. The van der Waals surface area contributed by atoms with Gasteiger partial charge in [-0.3, -0.25) is 23.7 Å². The molecular formula is C34H28F2N6O10S5. The van der Waals surface area contributed by atoms with Gasteiger partial charge in [0.05, 0.1) is 9.96 Å². The number of aromatic nitrogens is 2. The van der Waals surface area contributed by atoms with Gasteiger partial charge in [-0.25, -0.2) is 28.1 Å². The Labute approximate surface area is 341 Å². The highest BCUT2D eigenvalue weighted by Crippen LogP contribution is 2.42. The fourth-order valence-corrected chi connectivity index (χ4v) is 10.1. The van der Waals surface area contributed by atoms with Crippen LogP contribution < -0.4 is 16.6 Å². The van der Waals surface area contributed by atoms with Gasteiger partial charge in [0, 0.05) is 16.9 Å². The van der Waals surface area contributed by atoms with Crippen LogP contribution >= 0.6 is 58.2 Å². The number of β-lactam (4-membered cyclic amide) rings is 1. The van der Waals surface area contributed by atoms with E-state index in [-0.39, 0.29) is 37.8 Å². The molecule has 2 aliphatic rings. The number of carbonyl (C=O) groups excluding carboxylic acids is 3. The molecule has 16 nitrogen and oxygen atoms in total. The molecule has 6 N–H and O–H groups in total. The van der Waals surface area contributed by atoms with E-state index in [0.29, 0.717) is 22.9 Å². The molecule has 2 aromatic heterocycles. The highest BCUT2D eigenvalue weighted by Gasteiger charge is 2.54. The number of halogens is 2. The number of benzene rings is 2. The Kier molecular flexibility index (Phi) is 13.3. The number of nitrogens with one attached hydrogen (secondary N) is 2. The summed E-state index contributed by atoms with van der Waals surface area (Å²) in [5, 5.41) is 26.3. The van der Waals surface area contributed by atoms with E-state index in [0.717, 1.165) is 51.3 Å². The molecule has 1 saturated heterocycles. The Balaban J connectivity index is 1.21. The highest BCUT2D eigenvalue weighted by molar-refractivity contribution is 8.02. The number of carboxylic acids is 2. The lowest BCUT2D eigenvalue weighted by Gasteiger charge is -2.49. The summed E-state index contributed by atoms with van der Waals surface area (Å²) in [6.07, 6.45) is -3.82. The fourth-order valence-electron chi connectivity index (χ4n) is 5.49. The molecule has 4 aromatic rings. The van der Waals surface area contributed by atoms with E-state index >= 15 is 0 Å². The van der Waals surface area contributed by atoms with Gasteiger partial charge in [-0.2, -0.15) is 0 Å². The number of rotatable bonds is 17. The minimum atomic E-state index is -2.86. The van der Waals surface area contributed by atoms with Gasteiger partial charge in [-0.15, -0.1) is 34.9 Å². The number of hydrogen-bond acceptors (Lipinski definition) is 16. The summed E-state index contributed by atoms with van der Waals surface area (Å²) in [6, 6.07) is 16.1. The molecule has 3 atom stereocenters. The number of aliphatic carboxylic acids is 1. The van der Waals surface area contributed by atoms with E-state index in [1.165, 1.54) is 5.38 Å². The van der Waals surface area contributed by atoms with Gasteiger partial charge in [-0.05, 0) is 16.7 Å². The van der Waals surface area contributed by atoms with E-state index in [4.69, 9.17) is 15.3 Å². The number of carbonyl (C=O) groups is 5. The average molecular weight is 879 g/mol. The number of ether oxygens (including phenoxy) is 1. The topological polar surface area (TPSA) is 244 Å². The number of alkyl halides is 2. The zero-order chi connectivity index (χ0) is 40.8. The van der Waals surface area contributed by atoms with E-state index in [1.807, 2.05) is 0 Å². The van der Waals surface area contributed by atoms with Gasteiger partial charge in [0.25, 0.3) is 22.8 Å². The van der Waals surface area contributed by atoms with Crippen molar-refractivity contribution in [3.8, 4) is 0 Å². The Hall–Kier alpha value is -5.23. The number of aromatic amines is 1. The number of hydrogen-bond donors (Lipinski definition) is 5. The lowest BCUT2D eigenvalue weighted by molar-refractivity contribution is -0.155. The highest BCUT2D eigenvalue weighted by atomic mass is 32.2. The van der Waals surface area contributed by atoms with Crippen LogP contribution in [0.25, 0.3) is 0 Å². The molecule has 57 heavy (non-hydrogen) atoms. The van der Waals surface area contributed by atoms with Crippen molar-refractivity contribution < 1.29 is 52.5 Å². The third kappa shape index (κ3) is 9.50. The van der Waals surface area contributed by atoms with E-state index in [1.54, 1.807) is 60.7 Å². The average Bonchev–Trinajstić information content (AvgIpc) is 3.80. The van der Waals surface area contributed by atoms with Crippen LogP contribution in [0.3, 0.4) is 0 Å². The maximum Gasteiger partial charge on any atom is 0.362 e. The SMILES string of the molecule is Nc1nc(/C(=N/OC(SCC(F)F)C(=O)OC(c2ccccc2)c2ccccc2)C(=O)NC2C(=O)N3C(C(=O)O)=C(CSc4s[nH]c(=O)c4C(=O)O)CSC23)cs1. The molecule has 298 valence electrons. The molecule has 2 amide bonds. The van der Waals surface area contributed by atoms with Crippen molar-refractivity contribution in [1.29, 1.82) is 0 Å². The molecule has 0 bridgehead atoms. The van der Waals surface area contributed by atoms with Crippen molar-refractivity contribution in [2.24, 2.45) is 5.16 Å². The normalized spacial score (nSPS) is 17.2. The predicted octanol–water partition coefficient (Wildman–Crippen LogP) is 4.08. The number of thioether (sulfide) groups is 3. The number of carboxylic acid groups (broad SMARTS) is 2. The van der Waals surface area contributed by atoms with Crippen molar-refractivity contribution in [3.63, 3.8) is 0 Å². The van der Waals surface area contributed by atoms with Crippen LogP contribution in [0.4, 0.5) is 13.9 Å². The first kappa shape index (κ1) is 41.4. The maximum absolute atomic E-state index is 13.8. The summed E-state index contributed by atoms with van der Waals surface area (Å²) in [6.45, 7) is 0. The molecule has 0 aliphatic carbocycles. The van der Waals surface area contributed by atoms with Crippen molar-refractivity contribution in [3.05, 3.63) is 110 Å². The third-order valence-electron chi connectivity index (χ3n) is 8.02. The summed E-state index contributed by atoms with van der Waals surface area (Å²) < 4.78 is 35.1. The lowest BCUT2D eigenvalue weighted by atomic mass is 10.0. The Bertz CT molecular complexity index is 2250. The first-order valence-corrected chi connectivity index (χ1v) is 21.1. The number of oxime groups is 1. The molecule has 4 heterocycles. The van der Waals surface area contributed by atoms with Crippen LogP contribution in [0.1, 0.15) is 33.3 Å². The molecule has 23 heteroatoms. The summed E-state index contributed by atoms with van der Waals surface area (Å²) in [5.74, 6) is -6.65. The molecule has 2 aliphatic heterocycles. The summed E-state index contributed by atoms with van der Waals surface area (Å²) in [5.41, 5.74) is 3.10. The second-order valence-electron chi connectivity index (χ2n) is 11.7. The minimum absolute atomic E-state index is 0.0138. The van der Waals surface area contributed by atoms with Crippen LogP contribution in [-0.2, 0) is 28.8 Å². The molecule has 1 fully saturated rings. The van der Waals surface area contributed by atoms with Gasteiger partial charge < -0.3 is 30.8 Å². The van der Waals surface area contributed by atoms with E-state index < -0.39 is 81.7 Å². The van der Waals surface area contributed by atoms with E-state index in [2.05, 4.69) is 19.8 Å². The molecule has 0 spiro atoms. The predicted molar refractivity (Wildman–Crippen MR) is 210 cm³/mol. The number of anilines is 1. The summed E-state index contributed by atoms with van der Waals surface area (Å²) >= 11 is 4.14. The number of aromatic carboxylic acids is 1. The van der Waals surface area contributed by atoms with Crippen molar-refractivity contribution >= 4 is 98.7 Å². The van der Waals surface area contributed by atoms with Crippen molar-refractivity contribution in [2.45, 2.75) is 33.6 Å². The second kappa shape index (κ2) is 18.4. The number of fused-ring (bicyclic) bond motifs is 1. The van der Waals surface area contributed by atoms with Crippen molar-refractivity contribution in [1.82, 2.24) is 19.6 Å². The smallest absolute Gasteiger partial charge is 0.362 e.